The lowest BCUT2D eigenvalue weighted by atomic mass is 9.94. The average Bonchev–Trinajstić information content (AvgIpc) is 2.54. The monoisotopic (exact) mass is 303 g/mol. The largest absolute Gasteiger partial charge is 0.343 e. The van der Waals surface area contributed by atoms with Crippen molar-refractivity contribution in [3.8, 4) is 0 Å². The molecule has 1 fully saturated rings. The van der Waals surface area contributed by atoms with Gasteiger partial charge in [-0.15, -0.1) is 0 Å². The van der Waals surface area contributed by atoms with Gasteiger partial charge in [-0.2, -0.15) is 0 Å². The van der Waals surface area contributed by atoms with E-state index >= 15 is 0 Å². The van der Waals surface area contributed by atoms with Crippen molar-refractivity contribution in [3.63, 3.8) is 0 Å². The molecule has 0 aromatic carbocycles. The maximum Gasteiger partial charge on any atom is 0.225 e. The number of hydrogen-bond acceptors (Lipinski definition) is 3. The number of amides is 2. The molecule has 1 aromatic heterocycles. The van der Waals surface area contributed by atoms with E-state index in [4.69, 9.17) is 0 Å². The molecule has 1 aromatic rings. The van der Waals surface area contributed by atoms with E-state index in [0.717, 1.165) is 25.0 Å². The Labute approximate surface area is 132 Å². The van der Waals surface area contributed by atoms with E-state index in [1.165, 1.54) is 0 Å². The minimum atomic E-state index is 0.0341. The van der Waals surface area contributed by atoms with Crippen molar-refractivity contribution >= 4 is 11.8 Å². The third-order valence-corrected chi connectivity index (χ3v) is 4.53. The number of nitrogens with zero attached hydrogens (tertiary/aromatic N) is 3. The number of likely N-dealkylation sites (tertiary alicyclic amines) is 1. The van der Waals surface area contributed by atoms with Gasteiger partial charge >= 0.3 is 0 Å². The van der Waals surface area contributed by atoms with Gasteiger partial charge in [-0.1, -0.05) is 6.07 Å². The number of rotatable bonds is 4. The summed E-state index contributed by atoms with van der Waals surface area (Å²) in [5, 5.41) is 0. The molecule has 22 heavy (non-hydrogen) atoms. The number of likely N-dealkylation sites (N-methyl/N-ethyl adjacent to an activating group) is 1. The zero-order valence-corrected chi connectivity index (χ0v) is 13.7. The first-order chi connectivity index (χ1) is 10.5. The summed E-state index contributed by atoms with van der Waals surface area (Å²) in [4.78, 5) is 31.9. The van der Waals surface area contributed by atoms with Crippen molar-refractivity contribution in [3.05, 3.63) is 30.1 Å². The van der Waals surface area contributed by atoms with Gasteiger partial charge in [0.25, 0.3) is 0 Å². The minimum absolute atomic E-state index is 0.0341. The zero-order chi connectivity index (χ0) is 16.1. The summed E-state index contributed by atoms with van der Waals surface area (Å²) < 4.78 is 0. The fourth-order valence-electron chi connectivity index (χ4n) is 2.90. The van der Waals surface area contributed by atoms with Crippen LogP contribution >= 0.6 is 0 Å². The van der Waals surface area contributed by atoms with Crippen LogP contribution in [0.3, 0.4) is 0 Å². The Morgan fingerprint density at radius 2 is 2.05 bits per heavy atom. The molecule has 5 heteroatoms. The number of hydrogen-bond donors (Lipinski definition) is 0. The van der Waals surface area contributed by atoms with Crippen LogP contribution in [0.25, 0.3) is 0 Å². The highest BCUT2D eigenvalue weighted by Crippen LogP contribution is 2.20. The molecule has 0 radical (unpaired) electrons. The second-order valence-corrected chi connectivity index (χ2v) is 6.10. The van der Waals surface area contributed by atoms with E-state index in [0.29, 0.717) is 13.1 Å². The molecular weight excluding hydrogens is 278 g/mol. The van der Waals surface area contributed by atoms with Gasteiger partial charge < -0.3 is 9.80 Å². The molecule has 0 N–H and O–H groups in total. The van der Waals surface area contributed by atoms with Crippen LogP contribution in [0, 0.1) is 5.92 Å². The number of carbonyl (C=O) groups excluding carboxylic acids is 2. The third-order valence-electron chi connectivity index (χ3n) is 4.53. The molecule has 0 saturated carbocycles. The molecule has 2 rings (SSSR count). The number of carbonyl (C=O) groups is 2. The Bertz CT molecular complexity index is 510. The van der Waals surface area contributed by atoms with Crippen LogP contribution in [0.1, 0.15) is 32.4 Å². The summed E-state index contributed by atoms with van der Waals surface area (Å²) in [6.45, 7) is 5.02. The highest BCUT2D eigenvalue weighted by atomic mass is 16.2. The first kappa shape index (κ1) is 16.5. The predicted molar refractivity (Wildman–Crippen MR) is 85.2 cm³/mol. The Morgan fingerprint density at radius 3 is 2.59 bits per heavy atom. The van der Waals surface area contributed by atoms with Crippen molar-refractivity contribution in [1.29, 1.82) is 0 Å². The number of pyridine rings is 1. The highest BCUT2D eigenvalue weighted by molar-refractivity contribution is 5.79. The van der Waals surface area contributed by atoms with E-state index in [2.05, 4.69) is 11.9 Å². The van der Waals surface area contributed by atoms with Gasteiger partial charge in [0, 0.05) is 57.3 Å². The van der Waals surface area contributed by atoms with Crippen molar-refractivity contribution in [2.24, 2.45) is 5.92 Å². The Kier molecular flexibility index (Phi) is 5.52. The topological polar surface area (TPSA) is 53.5 Å². The minimum Gasteiger partial charge on any atom is -0.343 e. The second kappa shape index (κ2) is 7.38. The summed E-state index contributed by atoms with van der Waals surface area (Å²) in [5.41, 5.74) is 1.00. The van der Waals surface area contributed by atoms with Crippen molar-refractivity contribution < 1.29 is 9.59 Å². The SMILES string of the molecule is CC(=O)N1CCC(C(=O)N(C)[C@H](C)Cc2ccccn2)CC1. The van der Waals surface area contributed by atoms with Crippen LogP contribution < -0.4 is 0 Å². The lowest BCUT2D eigenvalue weighted by Gasteiger charge is -2.34. The molecule has 1 aliphatic heterocycles. The maximum absolute atomic E-state index is 12.6. The van der Waals surface area contributed by atoms with Crippen molar-refractivity contribution in [2.75, 3.05) is 20.1 Å². The number of aromatic nitrogens is 1. The molecular formula is C17H25N3O2. The first-order valence-electron chi connectivity index (χ1n) is 7.91. The van der Waals surface area contributed by atoms with Gasteiger partial charge in [0.1, 0.15) is 0 Å². The van der Waals surface area contributed by atoms with Gasteiger partial charge in [-0.25, -0.2) is 0 Å². The van der Waals surface area contributed by atoms with Crippen LogP contribution in [0.4, 0.5) is 0 Å². The summed E-state index contributed by atoms with van der Waals surface area (Å²) in [6, 6.07) is 5.97. The molecule has 2 amide bonds. The van der Waals surface area contributed by atoms with Gasteiger partial charge in [-0.05, 0) is 31.9 Å². The second-order valence-electron chi connectivity index (χ2n) is 6.10. The fourth-order valence-corrected chi connectivity index (χ4v) is 2.90. The summed E-state index contributed by atoms with van der Waals surface area (Å²) in [5.74, 6) is 0.321. The van der Waals surface area contributed by atoms with Crippen molar-refractivity contribution in [2.45, 2.75) is 39.2 Å². The highest BCUT2D eigenvalue weighted by Gasteiger charge is 2.29. The predicted octanol–water partition coefficient (Wildman–Crippen LogP) is 1.73. The quantitative estimate of drug-likeness (QED) is 0.851. The van der Waals surface area contributed by atoms with Crippen LogP contribution in [0.15, 0.2) is 24.4 Å². The maximum atomic E-state index is 12.6. The third kappa shape index (κ3) is 4.06. The van der Waals surface area contributed by atoms with Gasteiger partial charge in [-0.3, -0.25) is 14.6 Å². The van der Waals surface area contributed by atoms with Crippen LogP contribution in [-0.4, -0.2) is 52.8 Å². The van der Waals surface area contributed by atoms with Crippen LogP contribution in [0.5, 0.6) is 0 Å². The number of piperidine rings is 1. The van der Waals surface area contributed by atoms with E-state index in [1.807, 2.05) is 35.0 Å². The Morgan fingerprint density at radius 1 is 1.36 bits per heavy atom. The lowest BCUT2D eigenvalue weighted by molar-refractivity contribution is -0.140. The van der Waals surface area contributed by atoms with E-state index in [-0.39, 0.29) is 23.8 Å². The molecule has 1 aliphatic rings. The van der Waals surface area contributed by atoms with Crippen LogP contribution in [0.2, 0.25) is 0 Å². The lowest BCUT2D eigenvalue weighted by Crippen LogP contribution is -2.45. The zero-order valence-electron chi connectivity index (χ0n) is 13.7. The molecule has 2 heterocycles. The molecule has 120 valence electrons. The van der Waals surface area contributed by atoms with E-state index < -0.39 is 0 Å². The van der Waals surface area contributed by atoms with Gasteiger partial charge in [0.2, 0.25) is 11.8 Å². The molecule has 0 aliphatic carbocycles. The Balaban J connectivity index is 1.88. The first-order valence-corrected chi connectivity index (χ1v) is 7.91. The molecule has 0 bridgehead atoms. The summed E-state index contributed by atoms with van der Waals surface area (Å²) in [7, 11) is 1.87. The molecule has 5 nitrogen and oxygen atoms in total. The van der Waals surface area contributed by atoms with Crippen molar-refractivity contribution in [1.82, 2.24) is 14.8 Å². The van der Waals surface area contributed by atoms with Gasteiger partial charge in [0.15, 0.2) is 0 Å². The van der Waals surface area contributed by atoms with E-state index in [9.17, 15) is 9.59 Å². The molecule has 1 atom stereocenters. The fraction of sp³-hybridized carbons (Fsp3) is 0.588. The standard InChI is InChI=1S/C17H25N3O2/c1-13(12-16-6-4-5-9-18-16)19(3)17(22)15-7-10-20(11-8-15)14(2)21/h4-6,9,13,15H,7-8,10-12H2,1-3H3/t13-/m1/s1. The average molecular weight is 303 g/mol. The summed E-state index contributed by atoms with van der Waals surface area (Å²) >= 11 is 0. The Hall–Kier alpha value is -1.91. The molecule has 1 saturated heterocycles. The van der Waals surface area contributed by atoms with Gasteiger partial charge in [0.05, 0.1) is 0 Å². The molecule has 0 spiro atoms. The normalized spacial score (nSPS) is 17.1. The van der Waals surface area contributed by atoms with E-state index in [1.54, 1.807) is 13.1 Å². The molecule has 0 unspecified atom stereocenters. The van der Waals surface area contributed by atoms with Crippen LogP contribution in [-0.2, 0) is 16.0 Å². The summed E-state index contributed by atoms with van der Waals surface area (Å²) in [6.07, 6.45) is 4.06. The smallest absolute Gasteiger partial charge is 0.225 e.